The molecule has 0 aromatic heterocycles. The van der Waals surface area contributed by atoms with Gasteiger partial charge in [0.2, 0.25) is 0 Å². The first-order chi connectivity index (χ1) is 4.06. The first-order valence-electron chi connectivity index (χ1n) is 3.18. The molecule has 0 fully saturated rings. The highest BCUT2D eigenvalue weighted by Crippen LogP contribution is 2.19. The van der Waals surface area contributed by atoms with Crippen LogP contribution in [0.25, 0.3) is 0 Å². The van der Waals surface area contributed by atoms with Crippen LogP contribution in [-0.2, 0) is 0 Å². The van der Waals surface area contributed by atoms with Gasteiger partial charge in [-0.15, -0.1) is 0 Å². The lowest BCUT2D eigenvalue weighted by molar-refractivity contribution is 0.383. The van der Waals surface area contributed by atoms with E-state index < -0.39 is 0 Å². The molecule has 0 aromatic carbocycles. The maximum Gasteiger partial charge on any atom is 0.107 e. The summed E-state index contributed by atoms with van der Waals surface area (Å²) in [4.78, 5) is 0. The highest BCUT2D eigenvalue weighted by atomic mass is 16.2. The summed E-state index contributed by atoms with van der Waals surface area (Å²) in [5, 5.41) is 8.10. The maximum atomic E-state index is 8.10. The molecule has 0 rings (SSSR count). The molecule has 0 aliphatic heterocycles. The highest BCUT2D eigenvalue weighted by Gasteiger charge is 2.07. The quantitative estimate of drug-likeness (QED) is 0.534. The molecule has 1 heteroatoms. The smallest absolute Gasteiger partial charge is 0.107 e. The van der Waals surface area contributed by atoms with Crippen molar-refractivity contribution in [1.29, 1.82) is 0 Å². The van der Waals surface area contributed by atoms with E-state index in [1.165, 1.54) is 0 Å². The average Bonchev–Trinajstić information content (AvgIpc) is 1.63. The van der Waals surface area contributed by atoms with E-state index in [-0.39, 0.29) is 0 Å². The van der Waals surface area contributed by atoms with Crippen molar-refractivity contribution in [3.8, 4) is 12.0 Å². The van der Waals surface area contributed by atoms with Crippen LogP contribution >= 0.6 is 0 Å². The van der Waals surface area contributed by atoms with Crippen LogP contribution in [0.5, 0.6) is 0 Å². The molecule has 0 aliphatic carbocycles. The van der Waals surface area contributed by atoms with Gasteiger partial charge >= 0.3 is 0 Å². The van der Waals surface area contributed by atoms with Gasteiger partial charge in [0.05, 0.1) is 0 Å². The van der Waals surface area contributed by atoms with Crippen LogP contribution < -0.4 is 0 Å². The lowest BCUT2D eigenvalue weighted by Crippen LogP contribution is -2.03. The molecule has 0 spiro atoms. The van der Waals surface area contributed by atoms with E-state index >= 15 is 0 Å². The molecule has 9 heavy (non-hydrogen) atoms. The fraction of sp³-hybridized carbons (Fsp3) is 0.750. The predicted octanol–water partition coefficient (Wildman–Crippen LogP) is 2.15. The topological polar surface area (TPSA) is 20.2 Å². The summed E-state index contributed by atoms with van der Waals surface area (Å²) in [5.41, 5.74) is 0.337. The number of rotatable bonds is 1. The molecule has 1 N–H and O–H groups in total. The Bertz CT molecular complexity index is 120. The SMILES string of the molecule is CC(C)(C)CCC#CO. The Morgan fingerprint density at radius 3 is 2.22 bits per heavy atom. The van der Waals surface area contributed by atoms with Crippen molar-refractivity contribution < 1.29 is 5.11 Å². The summed E-state index contributed by atoms with van der Waals surface area (Å²) in [6.45, 7) is 6.48. The van der Waals surface area contributed by atoms with E-state index in [9.17, 15) is 0 Å². The van der Waals surface area contributed by atoms with Crippen molar-refractivity contribution in [2.24, 2.45) is 5.41 Å². The molecule has 0 heterocycles. The minimum atomic E-state index is 0.337. The first-order valence-corrected chi connectivity index (χ1v) is 3.18. The summed E-state index contributed by atoms with van der Waals surface area (Å²) in [7, 11) is 0. The van der Waals surface area contributed by atoms with Crippen LogP contribution in [0.1, 0.15) is 33.6 Å². The zero-order valence-electron chi connectivity index (χ0n) is 6.36. The monoisotopic (exact) mass is 126 g/mol. The molecule has 0 amide bonds. The number of aliphatic hydroxyl groups is 1. The molecule has 0 radical (unpaired) electrons. The lowest BCUT2D eigenvalue weighted by Gasteiger charge is -2.14. The fourth-order valence-electron chi connectivity index (χ4n) is 0.493. The largest absolute Gasteiger partial charge is 0.462 e. The number of hydrogen-bond acceptors (Lipinski definition) is 1. The van der Waals surface area contributed by atoms with Crippen molar-refractivity contribution in [1.82, 2.24) is 0 Å². The number of aliphatic hydroxyl groups excluding tert-OH is 1. The third-order valence-electron chi connectivity index (χ3n) is 1.08. The molecule has 0 saturated heterocycles. The average molecular weight is 126 g/mol. The van der Waals surface area contributed by atoms with E-state index in [1.807, 2.05) is 6.11 Å². The first kappa shape index (κ1) is 8.36. The van der Waals surface area contributed by atoms with Crippen LogP contribution in [0.15, 0.2) is 0 Å². The molecule has 0 aliphatic rings. The second-order valence-corrected chi connectivity index (χ2v) is 3.35. The minimum Gasteiger partial charge on any atom is -0.462 e. The Morgan fingerprint density at radius 2 is 1.89 bits per heavy atom. The highest BCUT2D eigenvalue weighted by molar-refractivity contribution is 4.90. The van der Waals surface area contributed by atoms with Crippen molar-refractivity contribution >= 4 is 0 Å². The van der Waals surface area contributed by atoms with Crippen molar-refractivity contribution in [2.75, 3.05) is 0 Å². The van der Waals surface area contributed by atoms with Crippen LogP contribution in [0.3, 0.4) is 0 Å². The van der Waals surface area contributed by atoms with Gasteiger partial charge in [-0.25, -0.2) is 0 Å². The molecule has 0 unspecified atom stereocenters. The van der Waals surface area contributed by atoms with E-state index in [0.29, 0.717) is 5.41 Å². The summed E-state index contributed by atoms with van der Waals surface area (Å²) in [6, 6.07) is 0. The molecule has 0 aromatic rings. The third kappa shape index (κ3) is 7.36. The zero-order chi connectivity index (χ0) is 7.33. The molecule has 1 nitrogen and oxygen atoms in total. The van der Waals surface area contributed by atoms with Crippen LogP contribution in [-0.4, -0.2) is 5.11 Å². The third-order valence-corrected chi connectivity index (χ3v) is 1.08. The van der Waals surface area contributed by atoms with Gasteiger partial charge in [0, 0.05) is 6.42 Å². The molecule has 0 saturated carbocycles. The van der Waals surface area contributed by atoms with E-state index in [0.717, 1.165) is 12.8 Å². The van der Waals surface area contributed by atoms with Crippen LogP contribution in [0.2, 0.25) is 0 Å². The molecule has 52 valence electrons. The minimum absolute atomic E-state index is 0.337. The molecular weight excluding hydrogens is 112 g/mol. The Labute approximate surface area is 57.1 Å². The Hall–Kier alpha value is -0.640. The predicted molar refractivity (Wildman–Crippen MR) is 38.4 cm³/mol. The van der Waals surface area contributed by atoms with Gasteiger partial charge in [0.15, 0.2) is 0 Å². The lowest BCUT2D eigenvalue weighted by atomic mass is 9.91. The Kier molecular flexibility index (Phi) is 3.16. The van der Waals surface area contributed by atoms with Gasteiger partial charge in [-0.3, -0.25) is 0 Å². The molecule has 0 bridgehead atoms. The van der Waals surface area contributed by atoms with Crippen LogP contribution in [0.4, 0.5) is 0 Å². The van der Waals surface area contributed by atoms with Gasteiger partial charge in [-0.2, -0.15) is 0 Å². The summed E-state index contributed by atoms with van der Waals surface area (Å²) in [5.74, 6) is 2.61. The summed E-state index contributed by atoms with van der Waals surface area (Å²) >= 11 is 0. The van der Waals surface area contributed by atoms with Gasteiger partial charge in [0.1, 0.15) is 6.11 Å². The fourth-order valence-corrected chi connectivity index (χ4v) is 0.493. The van der Waals surface area contributed by atoms with Crippen molar-refractivity contribution in [3.63, 3.8) is 0 Å². The second-order valence-electron chi connectivity index (χ2n) is 3.35. The molecular formula is C8H14O. The summed E-state index contributed by atoms with van der Waals surface area (Å²) < 4.78 is 0. The van der Waals surface area contributed by atoms with Crippen LogP contribution in [0, 0.1) is 17.4 Å². The van der Waals surface area contributed by atoms with E-state index in [4.69, 9.17) is 5.11 Å². The van der Waals surface area contributed by atoms with Crippen molar-refractivity contribution in [2.45, 2.75) is 33.6 Å². The second kappa shape index (κ2) is 3.40. The molecule has 0 atom stereocenters. The number of hydrogen-bond donors (Lipinski definition) is 1. The zero-order valence-corrected chi connectivity index (χ0v) is 6.36. The maximum absolute atomic E-state index is 8.10. The van der Waals surface area contributed by atoms with Gasteiger partial charge in [-0.05, 0) is 11.8 Å². The normalized spacial score (nSPS) is 10.1. The van der Waals surface area contributed by atoms with Gasteiger partial charge in [0.25, 0.3) is 0 Å². The summed E-state index contributed by atoms with van der Waals surface area (Å²) in [6.07, 6.45) is 3.72. The van der Waals surface area contributed by atoms with Gasteiger partial charge in [-0.1, -0.05) is 26.7 Å². The van der Waals surface area contributed by atoms with Gasteiger partial charge < -0.3 is 5.11 Å². The Morgan fingerprint density at radius 1 is 1.33 bits per heavy atom. The van der Waals surface area contributed by atoms with E-state index in [2.05, 4.69) is 26.7 Å². The standard InChI is InChI=1S/C8H14O/c1-8(2,3)6-4-5-7-9/h9H,4,6H2,1-3H3. The van der Waals surface area contributed by atoms with E-state index in [1.54, 1.807) is 0 Å². The van der Waals surface area contributed by atoms with Crippen molar-refractivity contribution in [3.05, 3.63) is 0 Å². The Balaban J connectivity index is 3.36.